The van der Waals surface area contributed by atoms with Gasteiger partial charge in [0.15, 0.2) is 16.6 Å². The first-order valence-electron chi connectivity index (χ1n) is 12.5. The molecule has 1 saturated heterocycles. The van der Waals surface area contributed by atoms with Crippen molar-refractivity contribution in [2.24, 2.45) is 0 Å². The summed E-state index contributed by atoms with van der Waals surface area (Å²) < 4.78 is 11.0. The molecule has 2 N–H and O–H groups in total. The van der Waals surface area contributed by atoms with E-state index in [1.165, 1.54) is 0 Å². The van der Waals surface area contributed by atoms with Gasteiger partial charge < -0.3 is 24.6 Å². The summed E-state index contributed by atoms with van der Waals surface area (Å²) in [6.07, 6.45) is 3.45. The maximum atomic E-state index is 12.6. The predicted molar refractivity (Wildman–Crippen MR) is 157 cm³/mol. The summed E-state index contributed by atoms with van der Waals surface area (Å²) in [6.45, 7) is 3.46. The van der Waals surface area contributed by atoms with E-state index in [2.05, 4.69) is 15.5 Å². The van der Waals surface area contributed by atoms with Gasteiger partial charge in [-0.2, -0.15) is 0 Å². The van der Waals surface area contributed by atoms with E-state index in [9.17, 15) is 9.59 Å². The van der Waals surface area contributed by atoms with Crippen molar-refractivity contribution < 1.29 is 19.1 Å². The fourth-order valence-electron chi connectivity index (χ4n) is 4.37. The zero-order valence-corrected chi connectivity index (χ0v) is 22.6. The van der Waals surface area contributed by atoms with Crippen LogP contribution in [0.5, 0.6) is 11.5 Å². The van der Waals surface area contributed by atoms with Crippen LogP contribution in [0.2, 0.25) is 5.02 Å². The predicted octanol–water partition coefficient (Wildman–Crippen LogP) is 4.60. The first-order valence-corrected chi connectivity index (χ1v) is 13.3. The van der Waals surface area contributed by atoms with Gasteiger partial charge in [-0.3, -0.25) is 14.9 Å². The Balaban J connectivity index is 1.13. The number of hydrogen-bond acceptors (Lipinski definition) is 6. The molecule has 2 aliphatic rings. The lowest BCUT2D eigenvalue weighted by Crippen LogP contribution is -2.48. The number of ether oxygens (including phenoxy) is 2. The number of carbonyl (C=O) groups is 2. The van der Waals surface area contributed by atoms with Gasteiger partial charge in [-0.05, 0) is 60.3 Å². The molecule has 0 aromatic heterocycles. The summed E-state index contributed by atoms with van der Waals surface area (Å²) in [5.74, 6) is 0.777. The number of fused-ring (bicyclic) bond motifs is 1. The molecule has 2 aliphatic heterocycles. The second kappa shape index (κ2) is 12.2. The molecule has 0 bridgehead atoms. The van der Waals surface area contributed by atoms with Gasteiger partial charge in [-0.15, -0.1) is 0 Å². The van der Waals surface area contributed by atoms with E-state index >= 15 is 0 Å². The molecule has 200 valence electrons. The molecule has 0 radical (unpaired) electrons. The van der Waals surface area contributed by atoms with Crippen molar-refractivity contribution in [1.82, 2.24) is 10.2 Å². The molecule has 10 heteroatoms. The number of piperazine rings is 1. The van der Waals surface area contributed by atoms with E-state index in [4.69, 9.17) is 33.3 Å². The Labute approximate surface area is 237 Å². The minimum atomic E-state index is -0.363. The zero-order valence-electron chi connectivity index (χ0n) is 21.1. The van der Waals surface area contributed by atoms with Gasteiger partial charge in [0.1, 0.15) is 13.2 Å². The number of carbonyl (C=O) groups excluding carboxylic acids is 2. The molecule has 0 atom stereocenters. The molecule has 5 rings (SSSR count). The van der Waals surface area contributed by atoms with Crippen molar-refractivity contribution in [3.63, 3.8) is 0 Å². The van der Waals surface area contributed by atoms with Crippen molar-refractivity contribution >= 4 is 58.2 Å². The van der Waals surface area contributed by atoms with E-state index in [0.717, 1.165) is 11.3 Å². The first kappa shape index (κ1) is 26.5. The maximum Gasteiger partial charge on any atom is 0.257 e. The van der Waals surface area contributed by atoms with E-state index in [1.807, 2.05) is 53.4 Å². The Morgan fingerprint density at radius 3 is 2.38 bits per heavy atom. The van der Waals surface area contributed by atoms with Crippen molar-refractivity contribution in [1.29, 1.82) is 0 Å². The van der Waals surface area contributed by atoms with E-state index < -0.39 is 0 Å². The summed E-state index contributed by atoms with van der Waals surface area (Å²) in [5, 5.41) is 6.37. The zero-order chi connectivity index (χ0) is 27.2. The number of nitrogens with zero attached hydrogens (tertiary/aromatic N) is 2. The van der Waals surface area contributed by atoms with Crippen LogP contribution in [0, 0.1) is 0 Å². The third-order valence-electron chi connectivity index (χ3n) is 6.39. The maximum absolute atomic E-state index is 12.6. The van der Waals surface area contributed by atoms with Gasteiger partial charge in [0.2, 0.25) is 5.91 Å². The van der Waals surface area contributed by atoms with Gasteiger partial charge in [0.05, 0.1) is 10.7 Å². The van der Waals surface area contributed by atoms with Crippen molar-refractivity contribution in [2.75, 3.05) is 49.6 Å². The van der Waals surface area contributed by atoms with Crippen LogP contribution < -0.4 is 25.0 Å². The second-order valence-corrected chi connectivity index (χ2v) is 9.80. The van der Waals surface area contributed by atoms with Crippen LogP contribution >= 0.6 is 23.8 Å². The highest BCUT2D eigenvalue weighted by molar-refractivity contribution is 7.80. The van der Waals surface area contributed by atoms with E-state index in [-0.39, 0.29) is 16.9 Å². The van der Waals surface area contributed by atoms with Gasteiger partial charge in [-0.25, -0.2) is 0 Å². The lowest BCUT2D eigenvalue weighted by molar-refractivity contribution is -0.126. The summed E-state index contributed by atoms with van der Waals surface area (Å²) in [4.78, 5) is 29.2. The van der Waals surface area contributed by atoms with E-state index in [1.54, 1.807) is 30.3 Å². The molecule has 0 aliphatic carbocycles. The third kappa shape index (κ3) is 6.68. The monoisotopic (exact) mass is 562 g/mol. The lowest BCUT2D eigenvalue weighted by atomic mass is 10.2. The molecule has 3 aromatic rings. The third-order valence-corrected chi connectivity index (χ3v) is 6.89. The molecule has 2 amide bonds. The minimum absolute atomic E-state index is 0.00375. The summed E-state index contributed by atoms with van der Waals surface area (Å²) >= 11 is 11.9. The molecule has 0 unspecified atom stereocenters. The largest absolute Gasteiger partial charge is 0.486 e. The van der Waals surface area contributed by atoms with Crippen molar-refractivity contribution in [3.05, 3.63) is 89.0 Å². The number of nitrogens with one attached hydrogen (secondary N) is 2. The Bertz CT molecular complexity index is 1410. The smallest absolute Gasteiger partial charge is 0.257 e. The molecule has 0 saturated carbocycles. The summed E-state index contributed by atoms with van der Waals surface area (Å²) in [5.41, 5.74) is 2.92. The fraction of sp³-hybridized carbons (Fsp3) is 0.207. The number of hydrogen-bond donors (Lipinski definition) is 2. The molecule has 3 aromatic carbocycles. The number of amides is 2. The second-order valence-electron chi connectivity index (χ2n) is 8.99. The van der Waals surface area contributed by atoms with Crippen LogP contribution in [-0.2, 0) is 4.79 Å². The Kier molecular flexibility index (Phi) is 8.29. The quantitative estimate of drug-likeness (QED) is 0.347. The topological polar surface area (TPSA) is 83.1 Å². The standard InChI is InChI=1S/C29H27ClN4O4S/c30-23-19-22(31-29(39)32-28(36)21-7-10-25-26(18-21)38-17-16-37-25)8-9-24(23)33-12-14-34(15-13-33)27(35)11-6-20-4-2-1-3-5-20/h1-11,18-19H,12-17H2,(H2,31,32,36,39)/b11-6+. The molecular formula is C29H27ClN4O4S. The average Bonchev–Trinajstić information content (AvgIpc) is 2.96. The van der Waals surface area contributed by atoms with Gasteiger partial charge in [0.25, 0.3) is 5.91 Å². The number of thiocarbonyl (C=S) groups is 1. The Hall–Kier alpha value is -4.08. The Morgan fingerprint density at radius 2 is 1.64 bits per heavy atom. The normalized spacial score (nSPS) is 14.7. The average molecular weight is 563 g/mol. The van der Waals surface area contributed by atoms with Crippen LogP contribution in [0.3, 0.4) is 0 Å². The van der Waals surface area contributed by atoms with Crippen LogP contribution in [0.25, 0.3) is 6.08 Å². The highest BCUT2D eigenvalue weighted by Crippen LogP contribution is 2.31. The fourth-order valence-corrected chi connectivity index (χ4v) is 4.88. The van der Waals surface area contributed by atoms with Crippen LogP contribution in [-0.4, -0.2) is 61.2 Å². The number of benzene rings is 3. The molecule has 2 heterocycles. The van der Waals surface area contributed by atoms with Gasteiger partial charge >= 0.3 is 0 Å². The lowest BCUT2D eigenvalue weighted by Gasteiger charge is -2.36. The van der Waals surface area contributed by atoms with Gasteiger partial charge in [0, 0.05) is 43.5 Å². The molecule has 8 nitrogen and oxygen atoms in total. The first-order chi connectivity index (χ1) is 19.0. The number of rotatable bonds is 5. The number of halogens is 1. The van der Waals surface area contributed by atoms with Crippen LogP contribution in [0.1, 0.15) is 15.9 Å². The van der Waals surface area contributed by atoms with E-state index in [0.29, 0.717) is 67.2 Å². The van der Waals surface area contributed by atoms with Crippen LogP contribution in [0.4, 0.5) is 11.4 Å². The summed E-state index contributed by atoms with van der Waals surface area (Å²) in [7, 11) is 0. The molecular weight excluding hydrogens is 536 g/mol. The van der Waals surface area contributed by atoms with Crippen LogP contribution in [0.15, 0.2) is 72.8 Å². The van der Waals surface area contributed by atoms with Crippen molar-refractivity contribution in [2.45, 2.75) is 0 Å². The van der Waals surface area contributed by atoms with Gasteiger partial charge in [-0.1, -0.05) is 41.9 Å². The highest BCUT2D eigenvalue weighted by Gasteiger charge is 2.22. The Morgan fingerprint density at radius 1 is 0.897 bits per heavy atom. The molecule has 0 spiro atoms. The van der Waals surface area contributed by atoms with Crippen molar-refractivity contribution in [3.8, 4) is 11.5 Å². The SMILES string of the molecule is O=C(NC(=S)Nc1ccc(N2CCN(C(=O)/C=C/c3ccccc3)CC2)c(Cl)c1)c1ccc2c(c1)OCCO2. The molecule has 39 heavy (non-hydrogen) atoms. The molecule has 1 fully saturated rings. The summed E-state index contributed by atoms with van der Waals surface area (Å²) in [6, 6.07) is 20.3. The number of anilines is 2. The minimum Gasteiger partial charge on any atom is -0.486 e. The highest BCUT2D eigenvalue weighted by atomic mass is 35.5.